The Morgan fingerprint density at radius 3 is 2.68 bits per heavy atom. The molecule has 2 aromatic rings. The van der Waals surface area contributed by atoms with Crippen molar-refractivity contribution < 1.29 is 9.21 Å². The first-order chi connectivity index (χ1) is 13.7. The summed E-state index contributed by atoms with van der Waals surface area (Å²) in [5.41, 5.74) is 1.40. The molecule has 0 unspecified atom stereocenters. The monoisotopic (exact) mass is 381 g/mol. The fraction of sp³-hybridized carbons (Fsp3) is 0.565. The van der Waals surface area contributed by atoms with Crippen molar-refractivity contribution in [3.8, 4) is 0 Å². The van der Waals surface area contributed by atoms with Crippen LogP contribution in [0.3, 0.4) is 0 Å². The SMILES string of the molecule is CCCc1ccc(CN2CCC3(CCC(=O)N(Cc4cccnc4)C3)CC2)o1. The van der Waals surface area contributed by atoms with Gasteiger partial charge in [-0.15, -0.1) is 0 Å². The Labute approximate surface area is 167 Å². The second-order valence-electron chi connectivity index (χ2n) is 8.51. The summed E-state index contributed by atoms with van der Waals surface area (Å²) in [6.07, 6.45) is 9.82. The number of rotatable bonds is 6. The summed E-state index contributed by atoms with van der Waals surface area (Å²) in [5.74, 6) is 2.47. The number of likely N-dealkylation sites (tertiary alicyclic amines) is 2. The van der Waals surface area contributed by atoms with E-state index in [4.69, 9.17) is 4.42 Å². The lowest BCUT2D eigenvalue weighted by molar-refractivity contribution is -0.140. The molecule has 0 aliphatic carbocycles. The predicted octanol–water partition coefficient (Wildman–Crippen LogP) is 4.03. The fourth-order valence-corrected chi connectivity index (χ4v) is 4.66. The summed E-state index contributed by atoms with van der Waals surface area (Å²) in [4.78, 5) is 21.2. The fourth-order valence-electron chi connectivity index (χ4n) is 4.66. The van der Waals surface area contributed by atoms with Crippen LogP contribution in [0, 0.1) is 5.41 Å². The van der Waals surface area contributed by atoms with E-state index in [0.717, 1.165) is 75.4 Å². The summed E-state index contributed by atoms with van der Waals surface area (Å²) in [7, 11) is 0. The average molecular weight is 382 g/mol. The number of hydrogen-bond acceptors (Lipinski definition) is 4. The van der Waals surface area contributed by atoms with Crippen molar-refractivity contribution in [2.45, 2.75) is 58.5 Å². The molecular weight excluding hydrogens is 350 g/mol. The molecule has 1 amide bonds. The van der Waals surface area contributed by atoms with Gasteiger partial charge in [0, 0.05) is 38.3 Å². The standard InChI is InChI=1S/C23H31N3O2/c1-2-4-20-6-7-21(28-20)17-25-13-10-23(11-14-25)9-8-22(27)26(18-23)16-19-5-3-12-24-15-19/h3,5-7,12,15H,2,4,8-11,13-14,16-18H2,1H3. The molecule has 2 fully saturated rings. The number of pyridine rings is 1. The van der Waals surface area contributed by atoms with Gasteiger partial charge >= 0.3 is 0 Å². The zero-order chi connectivity index (χ0) is 19.4. The number of hydrogen-bond donors (Lipinski definition) is 0. The third-order valence-corrected chi connectivity index (χ3v) is 6.35. The van der Waals surface area contributed by atoms with Gasteiger partial charge in [0.2, 0.25) is 5.91 Å². The number of amides is 1. The molecule has 0 N–H and O–H groups in total. The average Bonchev–Trinajstić information content (AvgIpc) is 3.15. The van der Waals surface area contributed by atoms with Crippen LogP contribution in [-0.4, -0.2) is 40.3 Å². The molecule has 4 rings (SSSR count). The summed E-state index contributed by atoms with van der Waals surface area (Å²) in [6, 6.07) is 8.25. The Morgan fingerprint density at radius 2 is 1.93 bits per heavy atom. The Hall–Kier alpha value is -2.14. The maximum absolute atomic E-state index is 12.5. The first-order valence-electron chi connectivity index (χ1n) is 10.6. The van der Waals surface area contributed by atoms with E-state index in [2.05, 4.69) is 39.9 Å². The third-order valence-electron chi connectivity index (χ3n) is 6.35. The van der Waals surface area contributed by atoms with Crippen LogP contribution >= 0.6 is 0 Å². The molecule has 0 atom stereocenters. The third kappa shape index (κ3) is 4.46. The van der Waals surface area contributed by atoms with Gasteiger partial charge in [0.05, 0.1) is 6.54 Å². The smallest absolute Gasteiger partial charge is 0.222 e. The number of piperidine rings is 2. The summed E-state index contributed by atoms with van der Waals surface area (Å²) in [5, 5.41) is 0. The highest BCUT2D eigenvalue weighted by Crippen LogP contribution is 2.40. The van der Waals surface area contributed by atoms with Gasteiger partial charge in [-0.25, -0.2) is 0 Å². The highest BCUT2D eigenvalue weighted by molar-refractivity contribution is 5.77. The van der Waals surface area contributed by atoms with E-state index in [1.165, 1.54) is 0 Å². The molecule has 0 aromatic carbocycles. The van der Waals surface area contributed by atoms with Crippen LogP contribution in [-0.2, 0) is 24.3 Å². The molecule has 2 saturated heterocycles. The molecule has 28 heavy (non-hydrogen) atoms. The van der Waals surface area contributed by atoms with Crippen LogP contribution in [0.4, 0.5) is 0 Å². The lowest BCUT2D eigenvalue weighted by Crippen LogP contribution is -2.51. The Morgan fingerprint density at radius 1 is 1.11 bits per heavy atom. The van der Waals surface area contributed by atoms with E-state index in [0.29, 0.717) is 13.0 Å². The molecule has 0 bridgehead atoms. The first-order valence-corrected chi connectivity index (χ1v) is 10.6. The quantitative estimate of drug-likeness (QED) is 0.758. The first kappa shape index (κ1) is 19.2. The molecule has 1 spiro atoms. The molecule has 5 heteroatoms. The van der Waals surface area contributed by atoms with Gasteiger partial charge in [0.1, 0.15) is 11.5 Å². The molecule has 4 heterocycles. The highest BCUT2D eigenvalue weighted by Gasteiger charge is 2.40. The van der Waals surface area contributed by atoms with Gasteiger partial charge < -0.3 is 9.32 Å². The predicted molar refractivity (Wildman–Crippen MR) is 109 cm³/mol. The van der Waals surface area contributed by atoms with Gasteiger partial charge in [-0.3, -0.25) is 14.7 Å². The number of furan rings is 1. The minimum absolute atomic E-state index is 0.281. The lowest BCUT2D eigenvalue weighted by Gasteiger charge is -2.47. The Bertz CT molecular complexity index is 778. The van der Waals surface area contributed by atoms with Crippen molar-refractivity contribution in [2.24, 2.45) is 5.41 Å². The van der Waals surface area contributed by atoms with E-state index >= 15 is 0 Å². The van der Waals surface area contributed by atoms with Gasteiger partial charge in [-0.05, 0) is 68.0 Å². The molecule has 2 aliphatic rings. The van der Waals surface area contributed by atoms with Crippen molar-refractivity contribution in [3.63, 3.8) is 0 Å². The number of aromatic nitrogens is 1. The minimum Gasteiger partial charge on any atom is -0.465 e. The molecule has 0 saturated carbocycles. The van der Waals surface area contributed by atoms with Crippen molar-refractivity contribution in [3.05, 3.63) is 53.7 Å². The van der Waals surface area contributed by atoms with Crippen LogP contribution in [0.1, 0.15) is 56.1 Å². The molecular formula is C23H31N3O2. The zero-order valence-electron chi connectivity index (χ0n) is 16.9. The molecule has 150 valence electrons. The molecule has 0 radical (unpaired) electrons. The van der Waals surface area contributed by atoms with E-state index < -0.39 is 0 Å². The number of nitrogens with zero attached hydrogens (tertiary/aromatic N) is 3. The summed E-state index contributed by atoms with van der Waals surface area (Å²) < 4.78 is 5.96. The van der Waals surface area contributed by atoms with E-state index in [-0.39, 0.29) is 11.3 Å². The van der Waals surface area contributed by atoms with Crippen molar-refractivity contribution in [1.29, 1.82) is 0 Å². The Balaban J connectivity index is 1.33. The molecule has 2 aliphatic heterocycles. The van der Waals surface area contributed by atoms with Crippen LogP contribution in [0.5, 0.6) is 0 Å². The van der Waals surface area contributed by atoms with Crippen molar-refractivity contribution >= 4 is 5.91 Å². The van der Waals surface area contributed by atoms with E-state index in [9.17, 15) is 4.79 Å². The zero-order valence-corrected chi connectivity index (χ0v) is 16.9. The molecule has 2 aromatic heterocycles. The number of aryl methyl sites for hydroxylation is 1. The second kappa shape index (κ2) is 8.48. The normalized spacial score (nSPS) is 20.0. The van der Waals surface area contributed by atoms with Crippen molar-refractivity contribution in [2.75, 3.05) is 19.6 Å². The van der Waals surface area contributed by atoms with Crippen LogP contribution in [0.25, 0.3) is 0 Å². The number of carbonyl (C=O) groups excluding carboxylic acids is 1. The Kier molecular flexibility index (Phi) is 5.81. The largest absolute Gasteiger partial charge is 0.465 e. The number of carbonyl (C=O) groups is 1. The van der Waals surface area contributed by atoms with Gasteiger partial charge in [-0.2, -0.15) is 0 Å². The van der Waals surface area contributed by atoms with Gasteiger partial charge in [0.15, 0.2) is 0 Å². The topological polar surface area (TPSA) is 49.6 Å². The van der Waals surface area contributed by atoms with Crippen molar-refractivity contribution in [1.82, 2.24) is 14.8 Å². The minimum atomic E-state index is 0.281. The summed E-state index contributed by atoms with van der Waals surface area (Å²) in [6.45, 7) is 6.81. The second-order valence-corrected chi connectivity index (χ2v) is 8.51. The summed E-state index contributed by atoms with van der Waals surface area (Å²) >= 11 is 0. The van der Waals surface area contributed by atoms with E-state index in [1.54, 1.807) is 6.20 Å². The van der Waals surface area contributed by atoms with Crippen LogP contribution in [0.2, 0.25) is 0 Å². The molecule has 5 nitrogen and oxygen atoms in total. The van der Waals surface area contributed by atoms with Crippen LogP contribution in [0.15, 0.2) is 41.1 Å². The van der Waals surface area contributed by atoms with Crippen LogP contribution < -0.4 is 0 Å². The maximum Gasteiger partial charge on any atom is 0.222 e. The highest BCUT2D eigenvalue weighted by atomic mass is 16.3. The maximum atomic E-state index is 12.5. The van der Waals surface area contributed by atoms with Gasteiger partial charge in [0.25, 0.3) is 0 Å². The lowest BCUT2D eigenvalue weighted by atomic mass is 9.72. The van der Waals surface area contributed by atoms with Gasteiger partial charge in [-0.1, -0.05) is 13.0 Å². The van der Waals surface area contributed by atoms with E-state index in [1.807, 2.05) is 12.3 Å².